The van der Waals surface area contributed by atoms with Crippen LogP contribution in [0.3, 0.4) is 0 Å². The first-order valence-electron chi connectivity index (χ1n) is 9.91. The third-order valence-electron chi connectivity index (χ3n) is 5.78. The number of aromatic nitrogens is 1. The highest BCUT2D eigenvalue weighted by molar-refractivity contribution is 5.97. The average molecular weight is 442 g/mol. The van der Waals surface area contributed by atoms with Gasteiger partial charge in [-0.15, -0.1) is 0 Å². The van der Waals surface area contributed by atoms with Crippen LogP contribution in [-0.2, 0) is 0 Å². The van der Waals surface area contributed by atoms with Crippen molar-refractivity contribution in [3.63, 3.8) is 0 Å². The molecule has 0 spiro atoms. The lowest BCUT2D eigenvalue weighted by molar-refractivity contribution is -0.0934. The number of benzene rings is 1. The number of fused-ring (bicyclic) bond motifs is 1. The Bertz CT molecular complexity index is 1070. The highest BCUT2D eigenvalue weighted by atomic mass is 19.3. The Kier molecular flexibility index (Phi) is 6.22. The number of nitrogens with zero attached hydrogens (tertiary/aromatic N) is 2. The molecule has 1 heterocycles. The Morgan fingerprint density at radius 1 is 1.42 bits per heavy atom. The van der Waals surface area contributed by atoms with E-state index in [0.29, 0.717) is 0 Å². The summed E-state index contributed by atoms with van der Waals surface area (Å²) in [5.41, 5.74) is -1.01. The average Bonchev–Trinajstić information content (AvgIpc) is 3.56. The van der Waals surface area contributed by atoms with Crippen molar-refractivity contribution in [3.8, 4) is 5.75 Å². The summed E-state index contributed by atoms with van der Waals surface area (Å²) in [6.07, 6.45) is 2.77. The van der Waals surface area contributed by atoms with E-state index in [2.05, 4.69) is 0 Å². The molecule has 3 rings (SSSR count). The molecule has 31 heavy (non-hydrogen) atoms. The summed E-state index contributed by atoms with van der Waals surface area (Å²) in [6.45, 7) is 0.0672. The van der Waals surface area contributed by atoms with E-state index in [-0.39, 0.29) is 41.3 Å². The molecule has 2 N–H and O–H groups in total. The standard InChI is InChI=1S/C21H25F3N2O5/c1-11(21(23,24)10-27)6-7-25(2)17-15(22)8-13-16(19(17)31-3)26(12-4-5-12)9-14(18(13)28)20(29)30/h8-9,11-12,27H,4-7,10H2,1-3H3,(H,29,30). The first-order valence-corrected chi connectivity index (χ1v) is 9.91. The molecule has 10 heteroatoms. The molecule has 0 amide bonds. The van der Waals surface area contributed by atoms with Gasteiger partial charge in [-0.05, 0) is 25.3 Å². The first kappa shape index (κ1) is 22.9. The summed E-state index contributed by atoms with van der Waals surface area (Å²) in [6, 6.07) is 0.935. The maximum atomic E-state index is 15.1. The van der Waals surface area contributed by atoms with E-state index in [9.17, 15) is 23.5 Å². The van der Waals surface area contributed by atoms with Crippen LogP contribution in [0.1, 0.15) is 42.6 Å². The van der Waals surface area contributed by atoms with Crippen molar-refractivity contribution in [1.29, 1.82) is 0 Å². The van der Waals surface area contributed by atoms with Gasteiger partial charge in [-0.25, -0.2) is 18.0 Å². The largest absolute Gasteiger partial charge is 0.492 e. The van der Waals surface area contributed by atoms with Crippen molar-refractivity contribution in [2.75, 3.05) is 32.2 Å². The Balaban J connectivity index is 2.12. The minimum absolute atomic E-state index is 0.00797. The number of methoxy groups -OCH3 is 1. The number of anilines is 1. The van der Waals surface area contributed by atoms with Crippen LogP contribution in [-0.4, -0.2) is 54.0 Å². The number of ether oxygens (including phenoxy) is 1. The molecule has 1 aliphatic rings. The van der Waals surface area contributed by atoms with Crippen LogP contribution in [0.4, 0.5) is 18.9 Å². The van der Waals surface area contributed by atoms with E-state index >= 15 is 4.39 Å². The van der Waals surface area contributed by atoms with Crippen LogP contribution in [0, 0.1) is 11.7 Å². The van der Waals surface area contributed by atoms with Gasteiger partial charge < -0.3 is 24.4 Å². The monoisotopic (exact) mass is 442 g/mol. The van der Waals surface area contributed by atoms with E-state index in [4.69, 9.17) is 9.84 Å². The van der Waals surface area contributed by atoms with Crippen LogP contribution in [0.2, 0.25) is 0 Å². The van der Waals surface area contributed by atoms with Gasteiger partial charge in [0.15, 0.2) is 11.6 Å². The lowest BCUT2D eigenvalue weighted by Gasteiger charge is -2.27. The molecular weight excluding hydrogens is 417 g/mol. The van der Waals surface area contributed by atoms with Gasteiger partial charge in [-0.3, -0.25) is 4.79 Å². The molecule has 1 fully saturated rings. The van der Waals surface area contributed by atoms with Gasteiger partial charge in [0.05, 0.1) is 18.0 Å². The molecule has 0 aliphatic heterocycles. The highest BCUT2D eigenvalue weighted by Gasteiger charge is 2.36. The zero-order valence-electron chi connectivity index (χ0n) is 17.5. The molecule has 1 unspecified atom stereocenters. The van der Waals surface area contributed by atoms with Crippen molar-refractivity contribution in [2.24, 2.45) is 5.92 Å². The fourth-order valence-corrected chi connectivity index (χ4v) is 3.65. The molecule has 0 bridgehead atoms. The third-order valence-corrected chi connectivity index (χ3v) is 5.78. The zero-order valence-corrected chi connectivity index (χ0v) is 17.5. The van der Waals surface area contributed by atoms with Crippen LogP contribution >= 0.6 is 0 Å². The molecule has 1 saturated carbocycles. The second kappa shape index (κ2) is 8.41. The Labute approximate surface area is 176 Å². The van der Waals surface area contributed by atoms with Crippen molar-refractivity contribution >= 4 is 22.6 Å². The SMILES string of the molecule is COc1c(N(C)CCC(C)C(F)(F)CO)c(F)cc2c(=O)c(C(=O)O)cn(C3CC3)c12. The van der Waals surface area contributed by atoms with Gasteiger partial charge in [-0.2, -0.15) is 0 Å². The summed E-state index contributed by atoms with van der Waals surface area (Å²) in [5.74, 6) is -6.58. The van der Waals surface area contributed by atoms with Gasteiger partial charge in [-0.1, -0.05) is 6.92 Å². The summed E-state index contributed by atoms with van der Waals surface area (Å²) in [7, 11) is 2.82. The van der Waals surface area contributed by atoms with E-state index in [1.54, 1.807) is 4.57 Å². The molecule has 1 aliphatic carbocycles. The van der Waals surface area contributed by atoms with Gasteiger partial charge in [0.1, 0.15) is 17.9 Å². The van der Waals surface area contributed by atoms with Crippen molar-refractivity contribution in [3.05, 3.63) is 33.9 Å². The normalized spacial score (nSPS) is 15.2. The molecule has 0 saturated heterocycles. The van der Waals surface area contributed by atoms with Gasteiger partial charge in [0, 0.05) is 31.7 Å². The summed E-state index contributed by atoms with van der Waals surface area (Å²) >= 11 is 0. The number of alkyl halides is 2. The van der Waals surface area contributed by atoms with E-state index < -0.39 is 41.2 Å². The Morgan fingerprint density at radius 3 is 2.58 bits per heavy atom. The number of aliphatic hydroxyl groups is 1. The molecule has 1 atom stereocenters. The number of hydrogen-bond donors (Lipinski definition) is 2. The Hall–Kier alpha value is -2.75. The topological polar surface area (TPSA) is 92.0 Å². The number of carboxylic acids is 1. The predicted octanol–water partition coefficient (Wildman–Crippen LogP) is 3.27. The summed E-state index contributed by atoms with van der Waals surface area (Å²) < 4.78 is 49.5. The summed E-state index contributed by atoms with van der Waals surface area (Å²) in [5, 5.41) is 18.1. The molecule has 7 nitrogen and oxygen atoms in total. The second-order valence-electron chi connectivity index (χ2n) is 7.98. The number of halogens is 3. The third kappa shape index (κ3) is 4.21. The highest BCUT2D eigenvalue weighted by Crippen LogP contribution is 2.43. The fourth-order valence-electron chi connectivity index (χ4n) is 3.65. The fraction of sp³-hybridized carbons (Fsp3) is 0.524. The number of carboxylic acid groups (broad SMARTS) is 1. The zero-order chi connectivity index (χ0) is 23.1. The molecule has 1 aromatic heterocycles. The molecule has 0 radical (unpaired) electrons. The first-order chi connectivity index (χ1) is 14.5. The van der Waals surface area contributed by atoms with E-state index in [1.165, 1.54) is 32.2 Å². The lowest BCUT2D eigenvalue weighted by Crippen LogP contribution is -2.33. The van der Waals surface area contributed by atoms with E-state index in [0.717, 1.165) is 18.9 Å². The van der Waals surface area contributed by atoms with Crippen molar-refractivity contribution < 1.29 is 32.9 Å². The quantitative estimate of drug-likeness (QED) is 0.619. The number of rotatable bonds is 9. The van der Waals surface area contributed by atoms with Gasteiger partial charge in [0.2, 0.25) is 5.43 Å². The Morgan fingerprint density at radius 2 is 2.06 bits per heavy atom. The number of aromatic carboxylic acids is 1. The number of pyridine rings is 1. The number of hydrogen-bond acceptors (Lipinski definition) is 5. The van der Waals surface area contributed by atoms with Gasteiger partial charge >= 0.3 is 5.97 Å². The predicted molar refractivity (Wildman–Crippen MR) is 109 cm³/mol. The van der Waals surface area contributed by atoms with Crippen LogP contribution in [0.25, 0.3) is 10.9 Å². The minimum Gasteiger partial charge on any atom is -0.492 e. The molecule has 170 valence electrons. The second-order valence-corrected chi connectivity index (χ2v) is 7.98. The van der Waals surface area contributed by atoms with Crippen LogP contribution in [0.5, 0.6) is 5.75 Å². The number of carbonyl (C=O) groups is 1. The van der Waals surface area contributed by atoms with Crippen LogP contribution in [0.15, 0.2) is 17.1 Å². The van der Waals surface area contributed by atoms with Gasteiger partial charge in [0.25, 0.3) is 5.92 Å². The van der Waals surface area contributed by atoms with Crippen LogP contribution < -0.4 is 15.1 Å². The molecule has 2 aromatic rings. The minimum atomic E-state index is -3.26. The molecule has 1 aromatic carbocycles. The lowest BCUT2D eigenvalue weighted by atomic mass is 10.00. The van der Waals surface area contributed by atoms with E-state index in [1.807, 2.05) is 0 Å². The number of aliphatic hydroxyl groups excluding tert-OH is 1. The maximum absolute atomic E-state index is 15.1. The van der Waals surface area contributed by atoms with Crippen molar-refractivity contribution in [2.45, 2.75) is 38.2 Å². The molecular formula is C21H25F3N2O5. The van der Waals surface area contributed by atoms with Crippen molar-refractivity contribution in [1.82, 2.24) is 4.57 Å². The smallest absolute Gasteiger partial charge is 0.341 e. The maximum Gasteiger partial charge on any atom is 0.341 e. The summed E-state index contributed by atoms with van der Waals surface area (Å²) in [4.78, 5) is 25.6.